The number of hydrogen-bond donors (Lipinski definition) is 1. The van der Waals surface area contributed by atoms with Crippen LogP contribution in [0.1, 0.15) is 5.56 Å². The fourth-order valence-electron chi connectivity index (χ4n) is 0.702. The minimum Gasteiger partial charge on any atom is -0.326 e. The Hall–Kier alpha value is -0.120. The van der Waals surface area contributed by atoms with Gasteiger partial charge in [0.1, 0.15) is 5.82 Å². The van der Waals surface area contributed by atoms with Crippen LogP contribution in [0, 0.1) is 11.9 Å². The van der Waals surface area contributed by atoms with Crippen LogP contribution in [-0.2, 0) is 6.54 Å². The zero-order valence-corrected chi connectivity index (χ0v) is 7.84. The van der Waals surface area contributed by atoms with Crippen molar-refractivity contribution in [2.45, 2.75) is 6.54 Å². The van der Waals surface area contributed by atoms with Crippen LogP contribution in [-0.4, -0.2) is 0 Å². The van der Waals surface area contributed by atoms with E-state index in [4.69, 9.17) is 17.3 Å². The van der Waals surface area contributed by atoms with E-state index in [-0.39, 0.29) is 6.54 Å². The average molecular weight is 237 g/mol. The summed E-state index contributed by atoms with van der Waals surface area (Å²) in [6.07, 6.45) is 0. The normalized spacial score (nSPS) is 10.2. The summed E-state index contributed by atoms with van der Waals surface area (Å²) in [5.74, 6) is -0.463. The van der Waals surface area contributed by atoms with Gasteiger partial charge in [-0.3, -0.25) is 0 Å². The van der Waals surface area contributed by atoms with E-state index in [9.17, 15) is 4.39 Å². The maximum atomic E-state index is 12.7. The number of benzene rings is 1. The second kappa shape index (κ2) is 3.52. The second-order valence-electron chi connectivity index (χ2n) is 1.95. The van der Waals surface area contributed by atoms with Crippen LogP contribution in [0.15, 0.2) is 10.5 Å². The Balaban J connectivity index is 3.29. The van der Waals surface area contributed by atoms with E-state index in [0.29, 0.717) is 15.1 Å². The van der Waals surface area contributed by atoms with Crippen molar-refractivity contribution in [3.8, 4) is 0 Å². The van der Waals surface area contributed by atoms with Gasteiger partial charge in [0.2, 0.25) is 0 Å². The molecule has 0 saturated carbocycles. The number of hydrogen-bond acceptors (Lipinski definition) is 1. The molecule has 0 amide bonds. The molecule has 1 rings (SSSR count). The van der Waals surface area contributed by atoms with Gasteiger partial charge in [0.15, 0.2) is 0 Å². The van der Waals surface area contributed by atoms with E-state index in [1.807, 2.05) is 0 Å². The second-order valence-corrected chi connectivity index (χ2v) is 3.15. The quantitative estimate of drug-likeness (QED) is 0.746. The van der Waals surface area contributed by atoms with E-state index in [1.54, 1.807) is 0 Å². The number of nitrogens with two attached hydrogens (primary N) is 1. The fraction of sp³-hybridized carbons (Fsp3) is 0.143. The monoisotopic (exact) mass is 236 g/mol. The first-order chi connectivity index (χ1) is 5.16. The van der Waals surface area contributed by atoms with E-state index in [1.165, 1.54) is 6.07 Å². The van der Waals surface area contributed by atoms with E-state index in [2.05, 4.69) is 22.0 Å². The highest BCUT2D eigenvalue weighted by Crippen LogP contribution is 2.26. The first-order valence-corrected chi connectivity index (χ1v) is 4.08. The van der Waals surface area contributed by atoms with Gasteiger partial charge in [0.25, 0.3) is 0 Å². The zero-order chi connectivity index (χ0) is 8.43. The highest BCUT2D eigenvalue weighted by atomic mass is 79.9. The fourth-order valence-corrected chi connectivity index (χ4v) is 1.53. The third kappa shape index (κ3) is 1.72. The zero-order valence-electron chi connectivity index (χ0n) is 5.50. The first kappa shape index (κ1) is 8.97. The van der Waals surface area contributed by atoms with Gasteiger partial charge in [-0.1, -0.05) is 11.6 Å². The van der Waals surface area contributed by atoms with Gasteiger partial charge in [0.05, 0.1) is 4.47 Å². The van der Waals surface area contributed by atoms with E-state index >= 15 is 0 Å². The van der Waals surface area contributed by atoms with Gasteiger partial charge in [0, 0.05) is 23.2 Å². The smallest absolute Gasteiger partial charge is 0.145 e. The predicted molar refractivity (Wildman–Crippen MR) is 45.8 cm³/mol. The maximum Gasteiger partial charge on any atom is 0.145 e. The van der Waals surface area contributed by atoms with Crippen LogP contribution < -0.4 is 5.73 Å². The van der Waals surface area contributed by atoms with Crippen molar-refractivity contribution in [2.24, 2.45) is 5.73 Å². The van der Waals surface area contributed by atoms with E-state index < -0.39 is 5.82 Å². The molecule has 0 fully saturated rings. The molecule has 0 atom stereocenters. The molecule has 0 aliphatic rings. The minimum atomic E-state index is -0.463. The third-order valence-corrected chi connectivity index (χ3v) is 2.44. The van der Waals surface area contributed by atoms with Crippen molar-refractivity contribution in [1.82, 2.24) is 0 Å². The van der Waals surface area contributed by atoms with Crippen molar-refractivity contribution >= 4 is 27.5 Å². The largest absolute Gasteiger partial charge is 0.326 e. The summed E-state index contributed by atoms with van der Waals surface area (Å²) >= 11 is 8.71. The number of rotatable bonds is 1. The third-order valence-electron chi connectivity index (χ3n) is 1.28. The molecule has 1 nitrogen and oxygen atoms in total. The lowest BCUT2D eigenvalue weighted by Crippen LogP contribution is -1.99. The standard InChI is InChI=1S/C7H5BrClFN/c8-7-4(3-11)5(9)1-2-6(7)10/h1H,3,11H2. The van der Waals surface area contributed by atoms with Crippen molar-refractivity contribution in [2.75, 3.05) is 0 Å². The Kier molecular flexibility index (Phi) is 2.87. The molecule has 0 saturated heterocycles. The molecule has 0 heterocycles. The molecule has 0 spiro atoms. The van der Waals surface area contributed by atoms with Crippen molar-refractivity contribution in [3.05, 3.63) is 33.0 Å². The molecule has 4 heteroatoms. The molecule has 0 aliphatic heterocycles. The summed E-state index contributed by atoms with van der Waals surface area (Å²) in [7, 11) is 0. The van der Waals surface area contributed by atoms with Crippen LogP contribution in [0.25, 0.3) is 0 Å². The van der Waals surface area contributed by atoms with E-state index in [0.717, 1.165) is 0 Å². The Morgan fingerprint density at radius 3 is 2.82 bits per heavy atom. The molecular formula is C7H5BrClFN. The summed E-state index contributed by atoms with van der Waals surface area (Å²) in [4.78, 5) is 0. The Morgan fingerprint density at radius 2 is 2.36 bits per heavy atom. The lowest BCUT2D eigenvalue weighted by atomic mass is 10.2. The molecule has 0 unspecified atom stereocenters. The molecule has 1 aromatic carbocycles. The van der Waals surface area contributed by atoms with Gasteiger partial charge in [-0.05, 0) is 22.0 Å². The van der Waals surface area contributed by atoms with Crippen LogP contribution in [0.5, 0.6) is 0 Å². The maximum absolute atomic E-state index is 12.7. The Labute approximate surface area is 77.5 Å². The topological polar surface area (TPSA) is 26.0 Å². The molecule has 11 heavy (non-hydrogen) atoms. The molecule has 59 valence electrons. The van der Waals surface area contributed by atoms with Crippen LogP contribution in [0.2, 0.25) is 5.02 Å². The summed E-state index contributed by atoms with van der Waals surface area (Å²) in [5, 5.41) is 0.431. The minimum absolute atomic E-state index is 0.213. The highest BCUT2D eigenvalue weighted by molar-refractivity contribution is 9.10. The van der Waals surface area contributed by atoms with Gasteiger partial charge < -0.3 is 5.73 Å². The Bertz CT molecular complexity index is 277. The predicted octanol–water partition coefficient (Wildman–Crippen LogP) is 2.50. The molecule has 1 radical (unpaired) electrons. The van der Waals surface area contributed by atoms with Crippen LogP contribution in [0.4, 0.5) is 4.39 Å². The van der Waals surface area contributed by atoms with Gasteiger partial charge in [-0.25, -0.2) is 4.39 Å². The lowest BCUT2D eigenvalue weighted by Gasteiger charge is -2.03. The summed E-state index contributed by atoms with van der Waals surface area (Å²) in [6, 6.07) is 3.71. The summed E-state index contributed by atoms with van der Waals surface area (Å²) in [6.45, 7) is 0.213. The van der Waals surface area contributed by atoms with Gasteiger partial charge in [-0.2, -0.15) is 0 Å². The van der Waals surface area contributed by atoms with Crippen LogP contribution in [0.3, 0.4) is 0 Å². The molecule has 1 aromatic rings. The van der Waals surface area contributed by atoms with Crippen molar-refractivity contribution in [3.63, 3.8) is 0 Å². The van der Waals surface area contributed by atoms with Gasteiger partial charge >= 0.3 is 0 Å². The SMILES string of the molecule is NCc1c(Cl)c[c]c(F)c1Br. The molecular weight excluding hydrogens is 232 g/mol. The van der Waals surface area contributed by atoms with Crippen LogP contribution >= 0.6 is 27.5 Å². The summed E-state index contributed by atoms with van der Waals surface area (Å²) < 4.78 is 13.0. The molecule has 0 aromatic heterocycles. The average Bonchev–Trinajstić information content (AvgIpc) is 1.99. The molecule has 2 N–H and O–H groups in total. The first-order valence-electron chi connectivity index (χ1n) is 2.91. The van der Waals surface area contributed by atoms with Gasteiger partial charge in [-0.15, -0.1) is 0 Å². The Morgan fingerprint density at radius 1 is 1.73 bits per heavy atom. The molecule has 0 bridgehead atoms. The molecule has 0 aliphatic carbocycles. The lowest BCUT2D eigenvalue weighted by molar-refractivity contribution is 0.616. The van der Waals surface area contributed by atoms with Crippen molar-refractivity contribution < 1.29 is 4.39 Å². The van der Waals surface area contributed by atoms with Crippen molar-refractivity contribution in [1.29, 1.82) is 0 Å². The highest BCUT2D eigenvalue weighted by Gasteiger charge is 2.07. The number of halogens is 3. The summed E-state index contributed by atoms with van der Waals surface area (Å²) in [5.41, 5.74) is 5.90.